The van der Waals surface area contributed by atoms with Crippen molar-refractivity contribution in [1.82, 2.24) is 9.97 Å². The third kappa shape index (κ3) is 3.30. The van der Waals surface area contributed by atoms with Gasteiger partial charge in [-0.05, 0) is 19.8 Å². The molecule has 0 bridgehead atoms. The first-order chi connectivity index (χ1) is 8.29. The summed E-state index contributed by atoms with van der Waals surface area (Å²) in [5, 5.41) is 3.25. The summed E-state index contributed by atoms with van der Waals surface area (Å²) < 4.78 is 5.01. The predicted molar refractivity (Wildman–Crippen MR) is 68.6 cm³/mol. The Bertz CT molecular complexity index is 364. The molecule has 1 aliphatic rings. The Morgan fingerprint density at radius 1 is 1.35 bits per heavy atom. The number of hydrogen-bond acceptors (Lipinski definition) is 5. The van der Waals surface area contributed by atoms with Crippen LogP contribution in [0.5, 0.6) is 0 Å². The van der Waals surface area contributed by atoms with Crippen molar-refractivity contribution in [3.05, 3.63) is 11.9 Å². The summed E-state index contributed by atoms with van der Waals surface area (Å²) in [4.78, 5) is 11.2. The summed E-state index contributed by atoms with van der Waals surface area (Å²) in [5.74, 6) is 2.74. The number of hydrogen-bond donors (Lipinski definition) is 1. The molecule has 0 unspecified atom stereocenters. The van der Waals surface area contributed by atoms with E-state index in [4.69, 9.17) is 4.74 Å². The van der Waals surface area contributed by atoms with Crippen molar-refractivity contribution in [3.63, 3.8) is 0 Å². The maximum absolute atomic E-state index is 5.01. The first-order valence-electron chi connectivity index (χ1n) is 6.13. The van der Waals surface area contributed by atoms with Crippen LogP contribution in [0, 0.1) is 6.92 Å². The Hall–Kier alpha value is -1.36. The van der Waals surface area contributed by atoms with Gasteiger partial charge in [-0.1, -0.05) is 0 Å². The van der Waals surface area contributed by atoms with Crippen LogP contribution in [-0.2, 0) is 4.74 Å². The van der Waals surface area contributed by atoms with Crippen LogP contribution in [0.25, 0.3) is 0 Å². The largest absolute Gasteiger partial charge is 0.383 e. The average molecular weight is 236 g/mol. The Labute approximate surface area is 102 Å². The van der Waals surface area contributed by atoms with Gasteiger partial charge in [0.15, 0.2) is 0 Å². The minimum absolute atomic E-state index is 0.683. The fraction of sp³-hybridized carbons (Fsp3) is 0.667. The van der Waals surface area contributed by atoms with Crippen molar-refractivity contribution in [1.29, 1.82) is 0 Å². The number of rotatable bonds is 5. The zero-order valence-corrected chi connectivity index (χ0v) is 10.6. The second-order valence-electron chi connectivity index (χ2n) is 4.27. The average Bonchev–Trinajstić information content (AvgIpc) is 2.82. The van der Waals surface area contributed by atoms with Crippen molar-refractivity contribution in [2.24, 2.45) is 0 Å². The Kier molecular flexibility index (Phi) is 4.14. The Morgan fingerprint density at radius 2 is 2.12 bits per heavy atom. The minimum atomic E-state index is 0.683. The summed E-state index contributed by atoms with van der Waals surface area (Å²) in [6, 6.07) is 2.02. The van der Waals surface area contributed by atoms with Crippen LogP contribution in [0.2, 0.25) is 0 Å². The van der Waals surface area contributed by atoms with Gasteiger partial charge in [0.25, 0.3) is 0 Å². The molecule has 1 saturated heterocycles. The molecule has 1 fully saturated rings. The van der Waals surface area contributed by atoms with Gasteiger partial charge in [-0.15, -0.1) is 0 Å². The summed E-state index contributed by atoms with van der Waals surface area (Å²) in [7, 11) is 1.70. The molecule has 0 spiro atoms. The molecule has 0 aliphatic carbocycles. The van der Waals surface area contributed by atoms with E-state index in [-0.39, 0.29) is 0 Å². The van der Waals surface area contributed by atoms with Crippen LogP contribution in [0.1, 0.15) is 18.7 Å². The lowest BCUT2D eigenvalue weighted by molar-refractivity contribution is 0.210. The van der Waals surface area contributed by atoms with E-state index in [0.29, 0.717) is 6.61 Å². The molecule has 0 radical (unpaired) electrons. The summed E-state index contributed by atoms with van der Waals surface area (Å²) in [6.45, 7) is 5.59. The first-order valence-corrected chi connectivity index (χ1v) is 6.13. The highest BCUT2D eigenvalue weighted by molar-refractivity contribution is 5.49. The van der Waals surface area contributed by atoms with Crippen molar-refractivity contribution in [2.45, 2.75) is 19.8 Å². The van der Waals surface area contributed by atoms with Gasteiger partial charge in [0, 0.05) is 32.8 Å². The van der Waals surface area contributed by atoms with Gasteiger partial charge in [0.1, 0.15) is 17.5 Å². The zero-order valence-electron chi connectivity index (χ0n) is 10.6. The van der Waals surface area contributed by atoms with Gasteiger partial charge >= 0.3 is 0 Å². The van der Waals surface area contributed by atoms with Gasteiger partial charge in [0.05, 0.1) is 6.61 Å². The van der Waals surface area contributed by atoms with Crippen molar-refractivity contribution >= 4 is 11.6 Å². The number of aromatic nitrogens is 2. The number of aryl methyl sites for hydroxylation is 1. The lowest BCUT2D eigenvalue weighted by Gasteiger charge is -2.17. The standard InChI is InChI=1S/C12H20N4O/c1-10-14-11(13-5-8-17-2)9-12(15-10)16-6-3-4-7-16/h9H,3-8H2,1-2H3,(H,13,14,15). The monoisotopic (exact) mass is 236 g/mol. The molecule has 1 aliphatic heterocycles. The van der Waals surface area contributed by atoms with Gasteiger partial charge in [0.2, 0.25) is 0 Å². The molecule has 1 aromatic heterocycles. The molecule has 0 aromatic carbocycles. The SMILES string of the molecule is COCCNc1cc(N2CCCC2)nc(C)n1. The topological polar surface area (TPSA) is 50.3 Å². The summed E-state index contributed by atoms with van der Waals surface area (Å²) in [5.41, 5.74) is 0. The molecule has 1 aromatic rings. The van der Waals surface area contributed by atoms with Crippen molar-refractivity contribution in [3.8, 4) is 0 Å². The van der Waals surface area contributed by atoms with Crippen LogP contribution in [-0.4, -0.2) is 43.3 Å². The van der Waals surface area contributed by atoms with Gasteiger partial charge in [-0.25, -0.2) is 9.97 Å². The minimum Gasteiger partial charge on any atom is -0.383 e. The molecule has 5 nitrogen and oxygen atoms in total. The highest BCUT2D eigenvalue weighted by atomic mass is 16.5. The smallest absolute Gasteiger partial charge is 0.134 e. The molecule has 0 atom stereocenters. The third-order valence-electron chi connectivity index (χ3n) is 2.87. The van der Waals surface area contributed by atoms with E-state index in [1.165, 1.54) is 12.8 Å². The molecule has 0 saturated carbocycles. The fourth-order valence-electron chi connectivity index (χ4n) is 2.03. The zero-order chi connectivity index (χ0) is 12.1. The second-order valence-corrected chi connectivity index (χ2v) is 4.27. The number of ether oxygens (including phenoxy) is 1. The van der Waals surface area contributed by atoms with Crippen LogP contribution >= 0.6 is 0 Å². The number of anilines is 2. The summed E-state index contributed by atoms with van der Waals surface area (Å²) in [6.07, 6.45) is 2.52. The molecule has 1 N–H and O–H groups in total. The Morgan fingerprint density at radius 3 is 2.82 bits per heavy atom. The fourth-order valence-corrected chi connectivity index (χ4v) is 2.03. The first kappa shape index (κ1) is 12.1. The molecular formula is C12H20N4O. The number of nitrogens with one attached hydrogen (secondary N) is 1. The molecule has 2 rings (SSSR count). The number of methoxy groups -OCH3 is 1. The van der Waals surface area contributed by atoms with Crippen LogP contribution < -0.4 is 10.2 Å². The molecule has 5 heteroatoms. The third-order valence-corrected chi connectivity index (χ3v) is 2.87. The van der Waals surface area contributed by atoms with E-state index in [1.807, 2.05) is 13.0 Å². The lowest BCUT2D eigenvalue weighted by atomic mass is 10.4. The van der Waals surface area contributed by atoms with E-state index < -0.39 is 0 Å². The molecular weight excluding hydrogens is 216 g/mol. The highest BCUT2D eigenvalue weighted by Gasteiger charge is 2.14. The van der Waals surface area contributed by atoms with Crippen molar-refractivity contribution < 1.29 is 4.74 Å². The van der Waals surface area contributed by atoms with Gasteiger partial charge in [-0.3, -0.25) is 0 Å². The van der Waals surface area contributed by atoms with Crippen LogP contribution in [0.3, 0.4) is 0 Å². The normalized spacial score (nSPS) is 15.3. The maximum atomic E-state index is 5.01. The van der Waals surface area contributed by atoms with E-state index >= 15 is 0 Å². The van der Waals surface area contributed by atoms with Crippen molar-refractivity contribution in [2.75, 3.05) is 43.6 Å². The van der Waals surface area contributed by atoms with Gasteiger partial charge in [-0.2, -0.15) is 0 Å². The van der Waals surface area contributed by atoms with E-state index in [9.17, 15) is 0 Å². The van der Waals surface area contributed by atoms with Crippen LogP contribution in [0.15, 0.2) is 6.07 Å². The molecule has 94 valence electrons. The predicted octanol–water partition coefficient (Wildman–Crippen LogP) is 1.44. The van der Waals surface area contributed by atoms with E-state index in [2.05, 4.69) is 20.2 Å². The van der Waals surface area contributed by atoms with E-state index in [1.54, 1.807) is 7.11 Å². The summed E-state index contributed by atoms with van der Waals surface area (Å²) >= 11 is 0. The molecule has 2 heterocycles. The van der Waals surface area contributed by atoms with E-state index in [0.717, 1.165) is 37.1 Å². The molecule has 0 amide bonds. The molecule has 17 heavy (non-hydrogen) atoms. The quantitative estimate of drug-likeness (QED) is 0.784. The maximum Gasteiger partial charge on any atom is 0.134 e. The second kappa shape index (κ2) is 5.82. The van der Waals surface area contributed by atoms with Crippen LogP contribution in [0.4, 0.5) is 11.6 Å². The Balaban J connectivity index is 2.05. The highest BCUT2D eigenvalue weighted by Crippen LogP contribution is 2.20. The lowest BCUT2D eigenvalue weighted by Crippen LogP contribution is -2.20. The van der Waals surface area contributed by atoms with Gasteiger partial charge < -0.3 is 15.0 Å². The number of nitrogens with zero attached hydrogens (tertiary/aromatic N) is 3.